The molecule has 1 aromatic carbocycles. The summed E-state index contributed by atoms with van der Waals surface area (Å²) in [5, 5.41) is 6.79. The van der Waals surface area contributed by atoms with Crippen LogP contribution in [0.2, 0.25) is 0 Å². The lowest BCUT2D eigenvalue weighted by Gasteiger charge is -2.16. The Morgan fingerprint density at radius 1 is 1.33 bits per heavy atom. The van der Waals surface area contributed by atoms with E-state index in [-0.39, 0.29) is 6.04 Å². The first-order chi connectivity index (χ1) is 7.17. The van der Waals surface area contributed by atoms with Gasteiger partial charge in [0.2, 0.25) is 0 Å². The monoisotopic (exact) mass is 222 g/mol. The second kappa shape index (κ2) is 5.71. The Kier molecular flexibility index (Phi) is 4.56. The van der Waals surface area contributed by atoms with E-state index in [4.69, 9.17) is 12.2 Å². The van der Waals surface area contributed by atoms with Gasteiger partial charge in [0.25, 0.3) is 0 Å². The van der Waals surface area contributed by atoms with Crippen molar-refractivity contribution in [3.8, 4) is 0 Å². The van der Waals surface area contributed by atoms with Gasteiger partial charge in [-0.3, -0.25) is 0 Å². The molecule has 3 heteroatoms. The predicted octanol–water partition coefficient (Wildman–Crippen LogP) is 2.40. The molecule has 2 nitrogen and oxygen atoms in total. The van der Waals surface area contributed by atoms with Gasteiger partial charge in [-0.2, -0.15) is 0 Å². The van der Waals surface area contributed by atoms with Gasteiger partial charge in [0.15, 0.2) is 5.11 Å². The number of hydrogen-bond donors (Lipinski definition) is 2. The maximum Gasteiger partial charge on any atom is 0.166 e. The minimum absolute atomic E-state index is 0.246. The summed E-state index contributed by atoms with van der Waals surface area (Å²) in [4.78, 5) is 0. The number of aryl methyl sites for hydroxylation is 1. The quantitative estimate of drug-likeness (QED) is 0.768. The Morgan fingerprint density at radius 3 is 2.40 bits per heavy atom. The zero-order chi connectivity index (χ0) is 11.3. The van der Waals surface area contributed by atoms with Crippen LogP contribution in [0.1, 0.15) is 31.0 Å². The van der Waals surface area contributed by atoms with E-state index in [1.54, 1.807) is 0 Å². The van der Waals surface area contributed by atoms with Crippen molar-refractivity contribution < 1.29 is 0 Å². The second-order valence-electron chi connectivity index (χ2n) is 3.54. The zero-order valence-electron chi connectivity index (χ0n) is 9.50. The summed E-state index contributed by atoms with van der Waals surface area (Å²) in [6.45, 7) is 4.26. The van der Waals surface area contributed by atoms with Crippen molar-refractivity contribution in [1.82, 2.24) is 10.6 Å². The van der Waals surface area contributed by atoms with Crippen LogP contribution in [0.5, 0.6) is 0 Å². The molecule has 0 radical (unpaired) electrons. The molecule has 82 valence electrons. The Labute approximate surface area is 97.1 Å². The van der Waals surface area contributed by atoms with Crippen LogP contribution in [-0.4, -0.2) is 12.2 Å². The third kappa shape index (κ3) is 3.51. The van der Waals surface area contributed by atoms with Crippen LogP contribution >= 0.6 is 12.2 Å². The van der Waals surface area contributed by atoms with Gasteiger partial charge in [0.05, 0.1) is 6.04 Å². The Morgan fingerprint density at radius 2 is 1.93 bits per heavy atom. The molecule has 0 aliphatic rings. The highest BCUT2D eigenvalue weighted by atomic mass is 32.1. The van der Waals surface area contributed by atoms with E-state index in [0.29, 0.717) is 5.11 Å². The zero-order valence-corrected chi connectivity index (χ0v) is 10.3. The highest BCUT2D eigenvalue weighted by molar-refractivity contribution is 7.80. The van der Waals surface area contributed by atoms with Crippen LogP contribution in [0, 0.1) is 0 Å². The second-order valence-corrected chi connectivity index (χ2v) is 3.95. The molecule has 0 spiro atoms. The van der Waals surface area contributed by atoms with Crippen LogP contribution in [0.25, 0.3) is 0 Å². The summed E-state index contributed by atoms with van der Waals surface area (Å²) in [6, 6.07) is 8.87. The van der Waals surface area contributed by atoms with Gasteiger partial charge in [-0.1, -0.05) is 31.2 Å². The molecule has 1 atom stereocenters. The molecule has 1 unspecified atom stereocenters. The standard InChI is InChI=1S/C12H18N2S/c1-4-10-5-7-11(8-6-10)9(2)14-12(15)13-3/h5-9H,4H2,1-3H3,(H2,13,14,15). The third-order valence-electron chi connectivity index (χ3n) is 2.46. The number of hydrogen-bond acceptors (Lipinski definition) is 1. The van der Waals surface area contributed by atoms with Gasteiger partial charge in [-0.15, -0.1) is 0 Å². The minimum atomic E-state index is 0.246. The molecule has 0 aliphatic heterocycles. The van der Waals surface area contributed by atoms with Gasteiger partial charge < -0.3 is 10.6 Å². The lowest BCUT2D eigenvalue weighted by Crippen LogP contribution is -2.34. The largest absolute Gasteiger partial charge is 0.366 e. The average molecular weight is 222 g/mol. The predicted molar refractivity (Wildman–Crippen MR) is 69.0 cm³/mol. The first-order valence-corrected chi connectivity index (χ1v) is 5.65. The molecule has 0 saturated carbocycles. The lowest BCUT2D eigenvalue weighted by molar-refractivity contribution is 0.709. The highest BCUT2D eigenvalue weighted by Crippen LogP contribution is 2.13. The molecule has 0 aliphatic carbocycles. The number of benzene rings is 1. The van der Waals surface area contributed by atoms with Gasteiger partial charge >= 0.3 is 0 Å². The molecule has 0 saturated heterocycles. The molecule has 0 amide bonds. The molecule has 2 N–H and O–H groups in total. The Balaban J connectivity index is 2.65. The van der Waals surface area contributed by atoms with Gasteiger partial charge in [-0.25, -0.2) is 0 Å². The number of rotatable bonds is 3. The fourth-order valence-electron chi connectivity index (χ4n) is 1.39. The molecule has 0 fully saturated rings. The van der Waals surface area contributed by atoms with Crippen LogP contribution < -0.4 is 10.6 Å². The molecular weight excluding hydrogens is 204 g/mol. The van der Waals surface area contributed by atoms with E-state index in [1.807, 2.05) is 7.05 Å². The van der Waals surface area contributed by atoms with Crippen molar-refractivity contribution in [3.63, 3.8) is 0 Å². The fourth-order valence-corrected chi connectivity index (χ4v) is 1.57. The maximum absolute atomic E-state index is 5.06. The van der Waals surface area contributed by atoms with Crippen molar-refractivity contribution >= 4 is 17.3 Å². The molecule has 1 aromatic rings. The van der Waals surface area contributed by atoms with Crippen molar-refractivity contribution in [3.05, 3.63) is 35.4 Å². The molecule has 0 heterocycles. The third-order valence-corrected chi connectivity index (χ3v) is 2.78. The van der Waals surface area contributed by atoms with Gasteiger partial charge in [0, 0.05) is 7.05 Å². The van der Waals surface area contributed by atoms with E-state index >= 15 is 0 Å². The van der Waals surface area contributed by atoms with Crippen molar-refractivity contribution in [2.75, 3.05) is 7.05 Å². The van der Waals surface area contributed by atoms with E-state index in [1.165, 1.54) is 11.1 Å². The first-order valence-electron chi connectivity index (χ1n) is 5.24. The normalized spacial score (nSPS) is 11.9. The topological polar surface area (TPSA) is 24.1 Å². The van der Waals surface area contributed by atoms with Crippen LogP contribution in [0.4, 0.5) is 0 Å². The van der Waals surface area contributed by atoms with Crippen LogP contribution in [0.3, 0.4) is 0 Å². The lowest BCUT2D eigenvalue weighted by atomic mass is 10.1. The smallest absolute Gasteiger partial charge is 0.166 e. The fraction of sp³-hybridized carbons (Fsp3) is 0.417. The van der Waals surface area contributed by atoms with E-state index in [0.717, 1.165) is 6.42 Å². The molecular formula is C12H18N2S. The Bertz CT molecular complexity index is 319. The van der Waals surface area contributed by atoms with Gasteiger partial charge in [0.1, 0.15) is 0 Å². The van der Waals surface area contributed by atoms with Crippen molar-refractivity contribution in [2.45, 2.75) is 26.3 Å². The SMILES string of the molecule is CCc1ccc(C(C)NC(=S)NC)cc1. The summed E-state index contributed by atoms with van der Waals surface area (Å²) < 4.78 is 0. The first kappa shape index (κ1) is 12.0. The summed E-state index contributed by atoms with van der Waals surface area (Å²) in [6.07, 6.45) is 1.08. The highest BCUT2D eigenvalue weighted by Gasteiger charge is 2.05. The maximum atomic E-state index is 5.06. The van der Waals surface area contributed by atoms with Crippen LogP contribution in [-0.2, 0) is 6.42 Å². The minimum Gasteiger partial charge on any atom is -0.366 e. The summed E-state index contributed by atoms with van der Waals surface area (Å²) in [5.74, 6) is 0. The van der Waals surface area contributed by atoms with E-state index in [9.17, 15) is 0 Å². The van der Waals surface area contributed by atoms with E-state index in [2.05, 4.69) is 48.7 Å². The molecule has 0 aromatic heterocycles. The summed E-state index contributed by atoms with van der Waals surface area (Å²) >= 11 is 5.06. The summed E-state index contributed by atoms with van der Waals surface area (Å²) in [7, 11) is 1.82. The average Bonchev–Trinajstić information content (AvgIpc) is 2.29. The Hall–Kier alpha value is -1.09. The van der Waals surface area contributed by atoms with Crippen molar-refractivity contribution in [2.24, 2.45) is 0 Å². The van der Waals surface area contributed by atoms with Crippen LogP contribution in [0.15, 0.2) is 24.3 Å². The molecule has 0 bridgehead atoms. The van der Waals surface area contributed by atoms with Gasteiger partial charge in [-0.05, 0) is 36.7 Å². The number of nitrogens with one attached hydrogen (secondary N) is 2. The summed E-state index contributed by atoms with van der Waals surface area (Å²) in [5.41, 5.74) is 2.62. The van der Waals surface area contributed by atoms with Crippen molar-refractivity contribution in [1.29, 1.82) is 0 Å². The molecule has 1 rings (SSSR count). The van der Waals surface area contributed by atoms with E-state index < -0.39 is 0 Å². The molecule has 15 heavy (non-hydrogen) atoms. The number of thiocarbonyl (C=S) groups is 1.